The van der Waals surface area contributed by atoms with Gasteiger partial charge in [-0.05, 0) is 56.0 Å². The molecule has 0 bridgehead atoms. The van der Waals surface area contributed by atoms with Crippen LogP contribution in [0.5, 0.6) is 0 Å². The molecule has 116 valence electrons. The fraction of sp³-hybridized carbons (Fsp3) is 0.533. The first-order valence-corrected chi connectivity index (χ1v) is 7.83. The lowest BCUT2D eigenvalue weighted by atomic mass is 9.92. The Kier molecular flexibility index (Phi) is 5.73. The number of carbonyl (C=O) groups excluding carboxylic acids is 1. The highest BCUT2D eigenvalue weighted by molar-refractivity contribution is 6.34. The van der Waals surface area contributed by atoms with Crippen LogP contribution < -0.4 is 5.73 Å². The lowest BCUT2D eigenvalue weighted by molar-refractivity contribution is 0.0625. The van der Waals surface area contributed by atoms with Crippen molar-refractivity contribution in [2.24, 2.45) is 11.7 Å². The molecule has 2 atom stereocenters. The number of ether oxygens (including phenoxy) is 1. The molecule has 0 aromatic heterocycles. The summed E-state index contributed by atoms with van der Waals surface area (Å²) in [6, 6.07) is 5.28. The zero-order valence-corrected chi connectivity index (χ0v) is 13.5. The fourth-order valence-electron chi connectivity index (χ4n) is 2.68. The second-order valence-corrected chi connectivity index (χ2v) is 6.37. The van der Waals surface area contributed by atoms with Crippen LogP contribution in [0.15, 0.2) is 18.2 Å². The van der Waals surface area contributed by atoms with Crippen LogP contribution in [0.2, 0.25) is 10.0 Å². The zero-order valence-electron chi connectivity index (χ0n) is 12.0. The molecule has 1 amide bonds. The molecule has 0 unspecified atom stereocenters. The van der Waals surface area contributed by atoms with Crippen molar-refractivity contribution >= 4 is 29.3 Å². The number of carbonyl (C=O) groups is 1. The predicted octanol–water partition coefficient (Wildman–Crippen LogP) is 3.69. The standard InChI is InChI=1S/C15H20Cl2N2O2/c1-10-4-11(8-18)2-3-19(10)15(20)21-9-12-5-13(16)7-14(17)6-12/h5-7,10-11H,2-4,8-9,18H2,1H3/t10-,11-/m1/s1. The molecule has 0 aliphatic carbocycles. The van der Waals surface area contributed by atoms with Gasteiger partial charge in [0.2, 0.25) is 0 Å². The smallest absolute Gasteiger partial charge is 0.410 e. The molecule has 1 aliphatic heterocycles. The Morgan fingerprint density at radius 3 is 2.62 bits per heavy atom. The van der Waals surface area contributed by atoms with Crippen molar-refractivity contribution in [3.05, 3.63) is 33.8 Å². The molecule has 6 heteroatoms. The van der Waals surface area contributed by atoms with Crippen LogP contribution in [0, 0.1) is 5.92 Å². The molecular formula is C15H20Cl2N2O2. The van der Waals surface area contributed by atoms with E-state index in [1.165, 1.54) is 0 Å². The molecule has 1 aromatic carbocycles. The quantitative estimate of drug-likeness (QED) is 0.919. The third kappa shape index (κ3) is 4.50. The van der Waals surface area contributed by atoms with E-state index in [0.29, 0.717) is 29.1 Å². The van der Waals surface area contributed by atoms with Gasteiger partial charge in [-0.1, -0.05) is 23.2 Å². The van der Waals surface area contributed by atoms with Gasteiger partial charge >= 0.3 is 6.09 Å². The van der Waals surface area contributed by atoms with Gasteiger partial charge in [-0.2, -0.15) is 0 Å². The van der Waals surface area contributed by atoms with E-state index in [2.05, 4.69) is 0 Å². The van der Waals surface area contributed by atoms with E-state index in [1.807, 2.05) is 6.92 Å². The summed E-state index contributed by atoms with van der Waals surface area (Å²) in [7, 11) is 0. The molecule has 1 fully saturated rings. The zero-order chi connectivity index (χ0) is 15.4. The average Bonchev–Trinajstić information content (AvgIpc) is 2.43. The van der Waals surface area contributed by atoms with Crippen molar-refractivity contribution in [1.29, 1.82) is 0 Å². The highest BCUT2D eigenvalue weighted by Gasteiger charge is 2.29. The Bertz CT molecular complexity index is 490. The maximum absolute atomic E-state index is 12.2. The minimum absolute atomic E-state index is 0.155. The summed E-state index contributed by atoms with van der Waals surface area (Å²) < 4.78 is 5.36. The molecule has 0 saturated carbocycles. The molecule has 2 N–H and O–H groups in total. The molecule has 4 nitrogen and oxygen atoms in total. The first-order chi connectivity index (χ1) is 9.99. The van der Waals surface area contributed by atoms with Crippen molar-refractivity contribution in [1.82, 2.24) is 4.90 Å². The number of benzene rings is 1. The lowest BCUT2D eigenvalue weighted by Gasteiger charge is -2.36. The number of nitrogens with two attached hydrogens (primary N) is 1. The number of likely N-dealkylation sites (tertiary alicyclic amines) is 1. The van der Waals surface area contributed by atoms with Crippen LogP contribution in [0.3, 0.4) is 0 Å². The van der Waals surface area contributed by atoms with E-state index in [-0.39, 0.29) is 18.7 Å². The van der Waals surface area contributed by atoms with Gasteiger partial charge in [0, 0.05) is 22.6 Å². The maximum Gasteiger partial charge on any atom is 0.410 e. The highest BCUT2D eigenvalue weighted by atomic mass is 35.5. The number of hydrogen-bond donors (Lipinski definition) is 1. The van der Waals surface area contributed by atoms with Gasteiger partial charge in [-0.25, -0.2) is 4.79 Å². The minimum atomic E-state index is -0.297. The van der Waals surface area contributed by atoms with E-state index in [1.54, 1.807) is 23.1 Å². The summed E-state index contributed by atoms with van der Waals surface area (Å²) in [4.78, 5) is 13.9. The highest BCUT2D eigenvalue weighted by Crippen LogP contribution is 2.23. The number of rotatable bonds is 3. The molecule has 1 aliphatic rings. The van der Waals surface area contributed by atoms with Crippen LogP contribution in [-0.4, -0.2) is 30.1 Å². The Morgan fingerprint density at radius 2 is 2.05 bits per heavy atom. The third-order valence-electron chi connectivity index (χ3n) is 3.84. The molecule has 0 radical (unpaired) electrons. The van der Waals surface area contributed by atoms with Crippen molar-refractivity contribution < 1.29 is 9.53 Å². The number of piperidine rings is 1. The molecule has 21 heavy (non-hydrogen) atoms. The molecular weight excluding hydrogens is 311 g/mol. The minimum Gasteiger partial charge on any atom is -0.445 e. The van der Waals surface area contributed by atoms with Crippen molar-refractivity contribution in [2.45, 2.75) is 32.4 Å². The first-order valence-electron chi connectivity index (χ1n) is 7.08. The second-order valence-electron chi connectivity index (χ2n) is 5.50. The van der Waals surface area contributed by atoms with E-state index in [0.717, 1.165) is 18.4 Å². The van der Waals surface area contributed by atoms with E-state index >= 15 is 0 Å². The lowest BCUT2D eigenvalue weighted by Crippen LogP contribution is -2.46. The van der Waals surface area contributed by atoms with Gasteiger partial charge in [0.15, 0.2) is 0 Å². The number of hydrogen-bond acceptors (Lipinski definition) is 3. The van der Waals surface area contributed by atoms with Gasteiger partial charge in [-0.3, -0.25) is 0 Å². The van der Waals surface area contributed by atoms with Gasteiger partial charge in [0.25, 0.3) is 0 Å². The number of halogens is 2. The first kappa shape index (κ1) is 16.4. The SMILES string of the molecule is C[C@@H]1C[C@H](CN)CCN1C(=O)OCc1cc(Cl)cc(Cl)c1. The monoisotopic (exact) mass is 330 g/mol. The predicted molar refractivity (Wildman–Crippen MR) is 84.6 cm³/mol. The van der Waals surface area contributed by atoms with Gasteiger partial charge in [0.05, 0.1) is 0 Å². The van der Waals surface area contributed by atoms with Gasteiger partial charge in [0.1, 0.15) is 6.61 Å². The average molecular weight is 331 g/mol. The molecule has 2 rings (SSSR count). The Labute approximate surface area is 135 Å². The summed E-state index contributed by atoms with van der Waals surface area (Å²) in [5.41, 5.74) is 6.47. The maximum atomic E-state index is 12.2. The van der Waals surface area contributed by atoms with E-state index < -0.39 is 0 Å². The fourth-order valence-corrected chi connectivity index (χ4v) is 3.25. The van der Waals surface area contributed by atoms with Crippen molar-refractivity contribution in [2.75, 3.05) is 13.1 Å². The van der Waals surface area contributed by atoms with Crippen LogP contribution in [-0.2, 0) is 11.3 Å². The normalized spacial score (nSPS) is 22.2. The number of amides is 1. The van der Waals surface area contributed by atoms with Crippen LogP contribution in [0.4, 0.5) is 4.79 Å². The van der Waals surface area contributed by atoms with Gasteiger partial charge in [-0.15, -0.1) is 0 Å². The van der Waals surface area contributed by atoms with Crippen molar-refractivity contribution in [3.8, 4) is 0 Å². The second kappa shape index (κ2) is 7.34. The molecule has 1 heterocycles. The summed E-state index contributed by atoms with van der Waals surface area (Å²) in [6.07, 6.45) is 1.56. The van der Waals surface area contributed by atoms with Crippen LogP contribution >= 0.6 is 23.2 Å². The molecule has 0 spiro atoms. The van der Waals surface area contributed by atoms with E-state index in [9.17, 15) is 4.79 Å². The number of nitrogens with zero attached hydrogens (tertiary/aromatic N) is 1. The summed E-state index contributed by atoms with van der Waals surface area (Å²) >= 11 is 11.8. The summed E-state index contributed by atoms with van der Waals surface area (Å²) in [6.45, 7) is 3.56. The van der Waals surface area contributed by atoms with Gasteiger partial charge < -0.3 is 15.4 Å². The van der Waals surface area contributed by atoms with Crippen LogP contribution in [0.1, 0.15) is 25.3 Å². The summed E-state index contributed by atoms with van der Waals surface area (Å²) in [5.74, 6) is 0.496. The Hall–Kier alpha value is -0.970. The third-order valence-corrected chi connectivity index (χ3v) is 4.27. The van der Waals surface area contributed by atoms with Crippen molar-refractivity contribution in [3.63, 3.8) is 0 Å². The Balaban J connectivity index is 1.90. The Morgan fingerprint density at radius 1 is 1.38 bits per heavy atom. The summed E-state index contributed by atoms with van der Waals surface area (Å²) in [5, 5.41) is 1.07. The largest absolute Gasteiger partial charge is 0.445 e. The van der Waals surface area contributed by atoms with Crippen LogP contribution in [0.25, 0.3) is 0 Å². The molecule has 1 saturated heterocycles. The topological polar surface area (TPSA) is 55.6 Å². The molecule has 1 aromatic rings. The van der Waals surface area contributed by atoms with E-state index in [4.69, 9.17) is 33.7 Å².